The van der Waals surface area contributed by atoms with Crippen molar-refractivity contribution < 1.29 is 4.74 Å². The van der Waals surface area contributed by atoms with E-state index < -0.39 is 0 Å². The van der Waals surface area contributed by atoms with Gasteiger partial charge in [-0.05, 0) is 18.6 Å². The second-order valence-electron chi connectivity index (χ2n) is 3.60. The summed E-state index contributed by atoms with van der Waals surface area (Å²) in [7, 11) is 0. The van der Waals surface area contributed by atoms with Crippen molar-refractivity contribution in [2.24, 2.45) is 0 Å². The monoisotopic (exact) mass is 214 g/mol. The van der Waals surface area contributed by atoms with Gasteiger partial charge in [0.15, 0.2) is 0 Å². The molecule has 0 amide bonds. The van der Waals surface area contributed by atoms with Crippen LogP contribution in [-0.4, -0.2) is 4.98 Å². The third-order valence-electron chi connectivity index (χ3n) is 2.33. The van der Waals surface area contributed by atoms with Crippen molar-refractivity contribution in [3.63, 3.8) is 0 Å². The molecule has 0 aliphatic rings. The lowest BCUT2D eigenvalue weighted by atomic mass is 10.2. The minimum absolute atomic E-state index is 0.525. The standard InChI is InChI=1S/C13H14N2O/c1-10-12(14)7-8-13(15-10)16-9-11-5-3-2-4-6-11/h2-8H,9,14H2,1H3. The van der Waals surface area contributed by atoms with Gasteiger partial charge in [-0.3, -0.25) is 0 Å². The van der Waals surface area contributed by atoms with Gasteiger partial charge in [-0.15, -0.1) is 0 Å². The Hall–Kier alpha value is -2.03. The fourth-order valence-corrected chi connectivity index (χ4v) is 1.36. The maximum absolute atomic E-state index is 5.68. The molecule has 3 nitrogen and oxygen atoms in total. The highest BCUT2D eigenvalue weighted by molar-refractivity contribution is 5.43. The van der Waals surface area contributed by atoms with E-state index in [-0.39, 0.29) is 0 Å². The number of rotatable bonds is 3. The Kier molecular flexibility index (Phi) is 3.05. The van der Waals surface area contributed by atoms with E-state index in [0.717, 1.165) is 11.3 Å². The third-order valence-corrected chi connectivity index (χ3v) is 2.33. The fourth-order valence-electron chi connectivity index (χ4n) is 1.36. The van der Waals surface area contributed by atoms with Crippen LogP contribution in [0.3, 0.4) is 0 Å². The normalized spacial score (nSPS) is 10.1. The molecule has 0 spiro atoms. The van der Waals surface area contributed by atoms with Crippen LogP contribution in [0.1, 0.15) is 11.3 Å². The number of anilines is 1. The summed E-state index contributed by atoms with van der Waals surface area (Å²) < 4.78 is 5.56. The number of pyridine rings is 1. The Morgan fingerprint density at radius 3 is 2.56 bits per heavy atom. The van der Waals surface area contributed by atoms with E-state index in [2.05, 4.69) is 4.98 Å². The van der Waals surface area contributed by atoms with Crippen LogP contribution in [0.4, 0.5) is 5.69 Å². The van der Waals surface area contributed by atoms with Crippen molar-refractivity contribution in [3.05, 3.63) is 53.7 Å². The number of hydrogen-bond acceptors (Lipinski definition) is 3. The summed E-state index contributed by atoms with van der Waals surface area (Å²) in [4.78, 5) is 4.24. The molecular weight excluding hydrogens is 200 g/mol. The van der Waals surface area contributed by atoms with Crippen LogP contribution in [0.25, 0.3) is 0 Å². The molecule has 16 heavy (non-hydrogen) atoms. The predicted molar refractivity (Wildman–Crippen MR) is 64.2 cm³/mol. The molecule has 0 aliphatic heterocycles. The molecule has 0 fully saturated rings. The first kappa shape index (κ1) is 10.5. The molecule has 3 heteroatoms. The topological polar surface area (TPSA) is 48.1 Å². The fraction of sp³-hybridized carbons (Fsp3) is 0.154. The Bertz CT molecular complexity index is 469. The smallest absolute Gasteiger partial charge is 0.213 e. The Balaban J connectivity index is 2.03. The van der Waals surface area contributed by atoms with Gasteiger partial charge in [-0.1, -0.05) is 30.3 Å². The quantitative estimate of drug-likeness (QED) is 0.854. The molecule has 2 aromatic rings. The lowest BCUT2D eigenvalue weighted by Crippen LogP contribution is -1.99. The summed E-state index contributed by atoms with van der Waals surface area (Å²) in [6.45, 7) is 2.39. The molecule has 0 radical (unpaired) electrons. The van der Waals surface area contributed by atoms with Crippen LogP contribution >= 0.6 is 0 Å². The van der Waals surface area contributed by atoms with Crippen LogP contribution in [0.15, 0.2) is 42.5 Å². The number of aromatic nitrogens is 1. The molecular formula is C13H14N2O. The van der Waals surface area contributed by atoms with Crippen molar-refractivity contribution in [1.82, 2.24) is 4.98 Å². The summed E-state index contributed by atoms with van der Waals surface area (Å²) in [5, 5.41) is 0. The molecule has 0 bridgehead atoms. The molecule has 1 aromatic heterocycles. The van der Waals surface area contributed by atoms with Crippen LogP contribution in [0.2, 0.25) is 0 Å². The van der Waals surface area contributed by atoms with Crippen LogP contribution in [-0.2, 0) is 6.61 Å². The zero-order valence-corrected chi connectivity index (χ0v) is 9.18. The lowest BCUT2D eigenvalue weighted by Gasteiger charge is -2.06. The SMILES string of the molecule is Cc1nc(OCc2ccccc2)ccc1N. The molecule has 2 rings (SSSR count). The number of aryl methyl sites for hydroxylation is 1. The van der Waals surface area contributed by atoms with E-state index >= 15 is 0 Å². The number of nitrogens with zero attached hydrogens (tertiary/aromatic N) is 1. The Morgan fingerprint density at radius 1 is 1.12 bits per heavy atom. The molecule has 0 unspecified atom stereocenters. The largest absolute Gasteiger partial charge is 0.473 e. The van der Waals surface area contributed by atoms with Crippen molar-refractivity contribution in [3.8, 4) is 5.88 Å². The average molecular weight is 214 g/mol. The summed E-state index contributed by atoms with van der Waals surface area (Å²) in [5.74, 6) is 0.607. The van der Waals surface area contributed by atoms with Crippen molar-refractivity contribution >= 4 is 5.69 Å². The van der Waals surface area contributed by atoms with E-state index in [9.17, 15) is 0 Å². The maximum atomic E-state index is 5.68. The minimum atomic E-state index is 0.525. The number of ether oxygens (including phenoxy) is 1. The second-order valence-corrected chi connectivity index (χ2v) is 3.60. The zero-order chi connectivity index (χ0) is 11.4. The van der Waals surface area contributed by atoms with Gasteiger partial charge in [-0.2, -0.15) is 0 Å². The minimum Gasteiger partial charge on any atom is -0.473 e. The average Bonchev–Trinajstić information content (AvgIpc) is 2.32. The molecule has 2 N–H and O–H groups in total. The summed E-state index contributed by atoms with van der Waals surface area (Å²) >= 11 is 0. The van der Waals surface area contributed by atoms with Gasteiger partial charge in [0.2, 0.25) is 5.88 Å². The molecule has 0 atom stereocenters. The van der Waals surface area contributed by atoms with Crippen molar-refractivity contribution in [2.45, 2.75) is 13.5 Å². The predicted octanol–water partition coefficient (Wildman–Crippen LogP) is 2.55. The molecule has 1 aromatic carbocycles. The lowest BCUT2D eigenvalue weighted by molar-refractivity contribution is 0.293. The van der Waals surface area contributed by atoms with Gasteiger partial charge >= 0.3 is 0 Å². The van der Waals surface area contributed by atoms with E-state index in [1.807, 2.05) is 43.3 Å². The van der Waals surface area contributed by atoms with E-state index in [1.165, 1.54) is 0 Å². The van der Waals surface area contributed by atoms with Gasteiger partial charge in [-0.25, -0.2) is 4.98 Å². The Labute approximate surface area is 94.9 Å². The summed E-state index contributed by atoms with van der Waals surface area (Å²) in [6.07, 6.45) is 0. The van der Waals surface area contributed by atoms with Crippen molar-refractivity contribution in [1.29, 1.82) is 0 Å². The number of hydrogen-bond donors (Lipinski definition) is 1. The second kappa shape index (κ2) is 4.66. The van der Waals surface area contributed by atoms with Crippen molar-refractivity contribution in [2.75, 3.05) is 5.73 Å². The van der Waals surface area contributed by atoms with Gasteiger partial charge < -0.3 is 10.5 Å². The first-order valence-corrected chi connectivity index (χ1v) is 5.15. The summed E-state index contributed by atoms with van der Waals surface area (Å²) in [5.41, 5.74) is 8.29. The van der Waals surface area contributed by atoms with E-state index in [4.69, 9.17) is 10.5 Å². The zero-order valence-electron chi connectivity index (χ0n) is 9.18. The first-order valence-electron chi connectivity index (χ1n) is 5.15. The van der Waals surface area contributed by atoms with Gasteiger partial charge in [0.05, 0.1) is 11.4 Å². The highest BCUT2D eigenvalue weighted by Gasteiger charge is 1.99. The number of nitrogen functional groups attached to an aromatic ring is 1. The van der Waals surface area contributed by atoms with Crippen LogP contribution in [0.5, 0.6) is 5.88 Å². The summed E-state index contributed by atoms with van der Waals surface area (Å²) in [6, 6.07) is 13.6. The molecule has 82 valence electrons. The highest BCUT2D eigenvalue weighted by atomic mass is 16.5. The highest BCUT2D eigenvalue weighted by Crippen LogP contribution is 2.14. The number of nitrogens with two attached hydrogens (primary N) is 1. The van der Waals surface area contributed by atoms with Gasteiger partial charge in [0, 0.05) is 6.07 Å². The maximum Gasteiger partial charge on any atom is 0.213 e. The van der Waals surface area contributed by atoms with E-state index in [1.54, 1.807) is 6.07 Å². The molecule has 1 heterocycles. The molecule has 0 saturated carbocycles. The van der Waals surface area contributed by atoms with E-state index in [0.29, 0.717) is 18.2 Å². The Morgan fingerprint density at radius 2 is 1.88 bits per heavy atom. The van der Waals surface area contributed by atoms with Gasteiger partial charge in [0.25, 0.3) is 0 Å². The van der Waals surface area contributed by atoms with Gasteiger partial charge in [0.1, 0.15) is 6.61 Å². The first-order chi connectivity index (χ1) is 7.75. The molecule has 0 aliphatic carbocycles. The number of benzene rings is 1. The van der Waals surface area contributed by atoms with Crippen LogP contribution < -0.4 is 10.5 Å². The molecule has 0 saturated heterocycles. The van der Waals surface area contributed by atoms with Crippen LogP contribution in [0, 0.1) is 6.92 Å². The third kappa shape index (κ3) is 2.51.